The lowest BCUT2D eigenvalue weighted by atomic mass is 10.2. The molecule has 1 aliphatic heterocycles. The van der Waals surface area contributed by atoms with Crippen LogP contribution < -0.4 is 5.32 Å². The molecule has 2 heterocycles. The first-order chi connectivity index (χ1) is 13.8. The van der Waals surface area contributed by atoms with Crippen LogP contribution in [0, 0.1) is 6.92 Å². The Labute approximate surface area is 176 Å². The molecule has 1 fully saturated rings. The lowest BCUT2D eigenvalue weighted by Crippen LogP contribution is -2.40. The number of hydrogen-bond acceptors (Lipinski definition) is 7. The van der Waals surface area contributed by atoms with Gasteiger partial charge in [-0.1, -0.05) is 6.07 Å². The molecule has 0 spiro atoms. The molecule has 0 aliphatic carbocycles. The largest absolute Gasteiger partial charge is 0.450 e. The van der Waals surface area contributed by atoms with Crippen molar-refractivity contribution in [3.05, 3.63) is 46.3 Å². The van der Waals surface area contributed by atoms with E-state index in [1.807, 2.05) is 0 Å². The van der Waals surface area contributed by atoms with Crippen LogP contribution in [0.3, 0.4) is 0 Å². The van der Waals surface area contributed by atoms with Crippen LogP contribution in [0.1, 0.15) is 16.1 Å². The van der Waals surface area contributed by atoms with Crippen LogP contribution in [0.4, 0.5) is 5.69 Å². The zero-order valence-corrected chi connectivity index (χ0v) is 17.9. The summed E-state index contributed by atoms with van der Waals surface area (Å²) in [4.78, 5) is 24.0. The number of sulfonamides is 1. The Hall–Kier alpha value is -2.21. The van der Waals surface area contributed by atoms with Gasteiger partial charge in [-0.3, -0.25) is 4.79 Å². The highest BCUT2D eigenvalue weighted by Crippen LogP contribution is 2.24. The standard InChI is InChI=1S/C18H19BrN2O7S/c1-12-2-3-13(10-15(12)29(24,25)21-6-8-26-9-7-21)20-17(22)11-27-18(23)14-4-5-16(19)28-14/h2-5,10H,6-9,11H2,1H3,(H,20,22). The van der Waals surface area contributed by atoms with E-state index in [0.29, 0.717) is 23.4 Å². The molecular weight excluding hydrogens is 468 g/mol. The number of anilines is 1. The number of benzene rings is 1. The number of hydrogen-bond donors (Lipinski definition) is 1. The van der Waals surface area contributed by atoms with E-state index in [1.165, 1.54) is 22.5 Å². The Bertz CT molecular complexity index is 1010. The summed E-state index contributed by atoms with van der Waals surface area (Å²) in [6, 6.07) is 7.52. The number of ether oxygens (including phenoxy) is 2. The molecule has 0 atom stereocenters. The number of morpholine rings is 1. The highest BCUT2D eigenvalue weighted by molar-refractivity contribution is 9.10. The van der Waals surface area contributed by atoms with E-state index in [4.69, 9.17) is 13.9 Å². The lowest BCUT2D eigenvalue weighted by molar-refractivity contribution is -0.119. The molecule has 9 nitrogen and oxygen atoms in total. The molecule has 156 valence electrons. The first-order valence-corrected chi connectivity index (χ1v) is 10.9. The monoisotopic (exact) mass is 486 g/mol. The fourth-order valence-electron chi connectivity index (χ4n) is 2.71. The van der Waals surface area contributed by atoms with E-state index in [1.54, 1.807) is 19.1 Å². The van der Waals surface area contributed by atoms with Crippen LogP contribution in [0.2, 0.25) is 0 Å². The Morgan fingerprint density at radius 2 is 1.93 bits per heavy atom. The smallest absolute Gasteiger partial charge is 0.374 e. The summed E-state index contributed by atoms with van der Waals surface area (Å²) in [6.07, 6.45) is 0. The Morgan fingerprint density at radius 1 is 1.21 bits per heavy atom. The van der Waals surface area contributed by atoms with Gasteiger partial charge in [0.1, 0.15) is 0 Å². The summed E-state index contributed by atoms with van der Waals surface area (Å²) >= 11 is 3.07. The van der Waals surface area contributed by atoms with Crippen molar-refractivity contribution in [1.29, 1.82) is 0 Å². The van der Waals surface area contributed by atoms with Crippen molar-refractivity contribution in [2.24, 2.45) is 0 Å². The summed E-state index contributed by atoms with van der Waals surface area (Å²) in [5, 5.41) is 2.53. The third kappa shape index (κ3) is 5.24. The highest BCUT2D eigenvalue weighted by atomic mass is 79.9. The number of halogens is 1. The van der Waals surface area contributed by atoms with Gasteiger partial charge >= 0.3 is 5.97 Å². The van der Waals surface area contributed by atoms with Crippen molar-refractivity contribution >= 4 is 43.5 Å². The van der Waals surface area contributed by atoms with E-state index < -0.39 is 28.5 Å². The van der Waals surface area contributed by atoms with Crippen LogP contribution in [0.5, 0.6) is 0 Å². The summed E-state index contributed by atoms with van der Waals surface area (Å²) in [5.74, 6) is -1.44. The summed E-state index contributed by atoms with van der Waals surface area (Å²) < 4.78 is 42.6. The maximum absolute atomic E-state index is 12.9. The summed E-state index contributed by atoms with van der Waals surface area (Å²) in [7, 11) is -3.71. The molecule has 11 heteroatoms. The Morgan fingerprint density at radius 3 is 2.59 bits per heavy atom. The predicted octanol–water partition coefficient (Wildman–Crippen LogP) is 2.17. The van der Waals surface area contributed by atoms with Crippen molar-refractivity contribution in [1.82, 2.24) is 4.31 Å². The topological polar surface area (TPSA) is 115 Å². The number of aryl methyl sites for hydroxylation is 1. The van der Waals surface area contributed by atoms with Crippen LogP contribution in [-0.2, 0) is 24.3 Å². The number of rotatable bonds is 6. The summed E-state index contributed by atoms with van der Waals surface area (Å²) in [5.41, 5.74) is 0.841. The fourth-order valence-corrected chi connectivity index (χ4v) is 4.67. The second kappa shape index (κ2) is 9.08. The van der Waals surface area contributed by atoms with Crippen LogP contribution in [-0.4, -0.2) is 57.5 Å². The molecule has 2 aromatic rings. The van der Waals surface area contributed by atoms with Gasteiger partial charge in [-0.25, -0.2) is 13.2 Å². The van der Waals surface area contributed by atoms with E-state index in [2.05, 4.69) is 21.2 Å². The van der Waals surface area contributed by atoms with E-state index >= 15 is 0 Å². The Kier molecular flexibility index (Phi) is 6.73. The number of carbonyl (C=O) groups is 2. The minimum Gasteiger partial charge on any atom is -0.450 e. The third-order valence-electron chi connectivity index (χ3n) is 4.17. The van der Waals surface area contributed by atoms with Crippen LogP contribution >= 0.6 is 15.9 Å². The maximum atomic E-state index is 12.9. The molecule has 3 rings (SSSR count). The van der Waals surface area contributed by atoms with Gasteiger partial charge in [0, 0.05) is 18.8 Å². The van der Waals surface area contributed by atoms with E-state index in [0.717, 1.165) is 0 Å². The molecular formula is C18H19BrN2O7S. The van der Waals surface area contributed by atoms with Crippen molar-refractivity contribution in [2.75, 3.05) is 38.2 Å². The molecule has 1 amide bonds. The predicted molar refractivity (Wildman–Crippen MR) is 106 cm³/mol. The van der Waals surface area contributed by atoms with Gasteiger partial charge in [0.15, 0.2) is 11.3 Å². The molecule has 1 aliphatic rings. The van der Waals surface area contributed by atoms with Crippen molar-refractivity contribution in [3.8, 4) is 0 Å². The minimum absolute atomic E-state index is 0.0427. The number of esters is 1. The van der Waals surface area contributed by atoms with Gasteiger partial charge in [-0.15, -0.1) is 0 Å². The fraction of sp³-hybridized carbons (Fsp3) is 0.333. The van der Waals surface area contributed by atoms with Crippen molar-refractivity contribution in [2.45, 2.75) is 11.8 Å². The molecule has 29 heavy (non-hydrogen) atoms. The minimum atomic E-state index is -3.71. The number of carbonyl (C=O) groups excluding carboxylic acids is 2. The van der Waals surface area contributed by atoms with E-state index in [-0.39, 0.29) is 29.4 Å². The molecule has 0 saturated carbocycles. The Balaban J connectivity index is 1.66. The molecule has 1 aromatic heterocycles. The van der Waals surface area contributed by atoms with Crippen LogP contribution in [0.25, 0.3) is 0 Å². The van der Waals surface area contributed by atoms with Gasteiger partial charge in [0.05, 0.1) is 18.1 Å². The van der Waals surface area contributed by atoms with Gasteiger partial charge in [0.25, 0.3) is 5.91 Å². The molecule has 0 bridgehead atoms. The zero-order chi connectivity index (χ0) is 21.0. The average molecular weight is 487 g/mol. The van der Waals surface area contributed by atoms with Gasteiger partial charge in [-0.2, -0.15) is 4.31 Å². The maximum Gasteiger partial charge on any atom is 0.374 e. The molecule has 1 aromatic carbocycles. The molecule has 0 radical (unpaired) electrons. The first-order valence-electron chi connectivity index (χ1n) is 8.68. The molecule has 0 unspecified atom stereocenters. The average Bonchev–Trinajstić information content (AvgIpc) is 3.14. The number of nitrogens with zero attached hydrogens (tertiary/aromatic N) is 1. The number of furan rings is 1. The molecule has 1 saturated heterocycles. The molecule has 1 N–H and O–H groups in total. The highest BCUT2D eigenvalue weighted by Gasteiger charge is 2.28. The normalized spacial score (nSPS) is 15.1. The SMILES string of the molecule is Cc1ccc(NC(=O)COC(=O)c2ccc(Br)o2)cc1S(=O)(=O)N1CCOCC1. The first kappa shape index (κ1) is 21.5. The van der Waals surface area contributed by atoms with E-state index in [9.17, 15) is 18.0 Å². The van der Waals surface area contributed by atoms with Gasteiger partial charge in [-0.05, 0) is 52.7 Å². The van der Waals surface area contributed by atoms with Gasteiger partial charge < -0.3 is 19.2 Å². The number of amides is 1. The van der Waals surface area contributed by atoms with Crippen molar-refractivity contribution < 1.29 is 31.9 Å². The lowest BCUT2D eigenvalue weighted by Gasteiger charge is -2.26. The zero-order valence-electron chi connectivity index (χ0n) is 15.5. The summed E-state index contributed by atoms with van der Waals surface area (Å²) in [6.45, 7) is 2.37. The van der Waals surface area contributed by atoms with Crippen molar-refractivity contribution in [3.63, 3.8) is 0 Å². The second-order valence-electron chi connectivity index (χ2n) is 6.22. The van der Waals surface area contributed by atoms with Crippen LogP contribution in [0.15, 0.2) is 44.3 Å². The quantitative estimate of drug-likeness (QED) is 0.621. The van der Waals surface area contributed by atoms with Gasteiger partial charge in [0.2, 0.25) is 15.8 Å². The number of nitrogens with one attached hydrogen (secondary N) is 1. The second-order valence-corrected chi connectivity index (χ2v) is 8.91. The third-order valence-corrected chi connectivity index (χ3v) is 6.64.